The first kappa shape index (κ1) is 21.2. The molecule has 0 fully saturated rings. The van der Waals surface area contributed by atoms with Gasteiger partial charge in [-0.2, -0.15) is 0 Å². The van der Waals surface area contributed by atoms with E-state index >= 15 is 0 Å². The molecular formula is C14H30N2O4. The minimum Gasteiger partial charge on any atom is -0.378 e. The van der Waals surface area contributed by atoms with Gasteiger partial charge in [-0.05, 0) is 19.8 Å². The van der Waals surface area contributed by atoms with Crippen molar-refractivity contribution in [3.63, 3.8) is 0 Å². The largest absolute Gasteiger partial charge is 0.378 e. The Labute approximate surface area is 122 Å². The molecule has 120 valence electrons. The molecule has 6 heteroatoms. The van der Waals surface area contributed by atoms with Crippen LogP contribution in [0, 0.1) is 5.92 Å². The lowest BCUT2D eigenvalue weighted by Gasteiger charge is -2.08. The van der Waals surface area contributed by atoms with E-state index in [4.69, 9.17) is 9.47 Å². The number of amides is 2. The summed E-state index contributed by atoms with van der Waals surface area (Å²) in [7, 11) is 0. The molecule has 0 bridgehead atoms. The molecule has 6 nitrogen and oxygen atoms in total. The summed E-state index contributed by atoms with van der Waals surface area (Å²) in [5.74, 6) is 0.684. The van der Waals surface area contributed by atoms with Crippen molar-refractivity contribution in [2.24, 2.45) is 5.92 Å². The third-order valence-corrected chi connectivity index (χ3v) is 1.59. The maximum Gasteiger partial charge on any atom is 0.246 e. The summed E-state index contributed by atoms with van der Waals surface area (Å²) in [5.41, 5.74) is 0. The zero-order valence-corrected chi connectivity index (χ0v) is 13.4. The molecular weight excluding hydrogens is 260 g/mol. The molecule has 0 aliphatic carbocycles. The van der Waals surface area contributed by atoms with Crippen LogP contribution in [0.5, 0.6) is 0 Å². The Balaban J connectivity index is 0. The smallest absolute Gasteiger partial charge is 0.246 e. The van der Waals surface area contributed by atoms with Gasteiger partial charge in [0.25, 0.3) is 0 Å². The van der Waals surface area contributed by atoms with Crippen molar-refractivity contribution in [2.75, 3.05) is 32.9 Å². The van der Waals surface area contributed by atoms with E-state index in [1.807, 2.05) is 13.8 Å². The summed E-state index contributed by atoms with van der Waals surface area (Å²) in [4.78, 5) is 21.0. The van der Waals surface area contributed by atoms with E-state index in [0.717, 1.165) is 5.92 Å². The maximum absolute atomic E-state index is 11.1. The van der Waals surface area contributed by atoms with Gasteiger partial charge in [-0.15, -0.1) is 0 Å². The van der Waals surface area contributed by atoms with Crippen LogP contribution in [0.3, 0.4) is 0 Å². The van der Waals surface area contributed by atoms with Crippen molar-refractivity contribution < 1.29 is 19.1 Å². The van der Waals surface area contributed by atoms with Gasteiger partial charge in [-0.3, -0.25) is 9.59 Å². The molecule has 0 unspecified atom stereocenters. The number of rotatable bonds is 10. The predicted molar refractivity (Wildman–Crippen MR) is 79.5 cm³/mol. The first-order valence-corrected chi connectivity index (χ1v) is 7.03. The fraction of sp³-hybridized carbons (Fsp3) is 0.857. The second kappa shape index (κ2) is 15.9. The van der Waals surface area contributed by atoms with E-state index < -0.39 is 0 Å². The Bertz CT molecular complexity index is 230. The minimum absolute atomic E-state index is 0.0522. The van der Waals surface area contributed by atoms with E-state index in [2.05, 4.69) is 31.4 Å². The molecule has 20 heavy (non-hydrogen) atoms. The summed E-state index contributed by atoms with van der Waals surface area (Å²) >= 11 is 0. The number of hydrogen-bond acceptors (Lipinski definition) is 4. The van der Waals surface area contributed by atoms with E-state index in [9.17, 15) is 9.59 Å². The molecule has 0 aromatic rings. The van der Waals surface area contributed by atoms with Crippen molar-refractivity contribution >= 4 is 12.3 Å². The second-order valence-corrected chi connectivity index (χ2v) is 5.13. The number of nitrogens with one attached hydrogen (secondary N) is 2. The van der Waals surface area contributed by atoms with Crippen LogP contribution in [-0.2, 0) is 19.1 Å². The summed E-state index contributed by atoms with van der Waals surface area (Å²) in [5, 5.41) is 5.12. The molecule has 2 N–H and O–H groups in total. The van der Waals surface area contributed by atoms with Crippen LogP contribution in [0.15, 0.2) is 0 Å². The Morgan fingerprint density at radius 2 is 1.65 bits per heavy atom. The molecule has 2 amide bonds. The quantitative estimate of drug-likeness (QED) is 0.464. The topological polar surface area (TPSA) is 76.7 Å². The SMILES string of the molecule is CC(C)C.CC(C)OCC(=O)NCCOCCNC=O. The van der Waals surface area contributed by atoms with Gasteiger partial charge in [0.2, 0.25) is 12.3 Å². The molecule has 0 saturated carbocycles. The molecule has 0 heterocycles. The van der Waals surface area contributed by atoms with Crippen LogP contribution in [0.1, 0.15) is 34.6 Å². The zero-order valence-electron chi connectivity index (χ0n) is 13.4. The highest BCUT2D eigenvalue weighted by Gasteiger charge is 2.01. The summed E-state index contributed by atoms with van der Waals surface area (Å²) < 4.78 is 10.2. The van der Waals surface area contributed by atoms with Gasteiger partial charge >= 0.3 is 0 Å². The highest BCUT2D eigenvalue weighted by atomic mass is 16.5. The minimum atomic E-state index is -0.150. The Kier molecular flexibility index (Phi) is 16.8. The molecule has 0 aliphatic heterocycles. The number of carbonyl (C=O) groups excluding carboxylic acids is 2. The molecule has 0 spiro atoms. The van der Waals surface area contributed by atoms with Gasteiger partial charge in [-0.1, -0.05) is 20.8 Å². The first-order valence-electron chi connectivity index (χ1n) is 7.03. The molecule has 0 aromatic carbocycles. The fourth-order valence-electron chi connectivity index (χ4n) is 0.848. The average molecular weight is 290 g/mol. The van der Waals surface area contributed by atoms with Gasteiger partial charge in [0, 0.05) is 13.1 Å². The number of hydrogen-bond donors (Lipinski definition) is 2. The number of ether oxygens (including phenoxy) is 2. The summed E-state index contributed by atoms with van der Waals surface area (Å²) in [6.07, 6.45) is 0.672. The van der Waals surface area contributed by atoms with E-state index in [0.29, 0.717) is 32.7 Å². The lowest BCUT2D eigenvalue weighted by atomic mass is 10.3. The van der Waals surface area contributed by atoms with Crippen LogP contribution in [-0.4, -0.2) is 51.3 Å². The third kappa shape index (κ3) is 25.6. The van der Waals surface area contributed by atoms with Gasteiger partial charge in [0.1, 0.15) is 6.61 Å². The van der Waals surface area contributed by atoms with Crippen molar-refractivity contribution in [1.82, 2.24) is 10.6 Å². The van der Waals surface area contributed by atoms with E-state index in [-0.39, 0.29) is 18.6 Å². The third-order valence-electron chi connectivity index (χ3n) is 1.59. The van der Waals surface area contributed by atoms with Crippen molar-refractivity contribution in [3.05, 3.63) is 0 Å². The molecule has 0 rings (SSSR count). The number of carbonyl (C=O) groups is 2. The summed E-state index contributed by atoms with van der Waals surface area (Å²) in [6, 6.07) is 0. The van der Waals surface area contributed by atoms with Crippen LogP contribution >= 0.6 is 0 Å². The molecule has 0 aromatic heterocycles. The highest BCUT2D eigenvalue weighted by molar-refractivity contribution is 5.77. The van der Waals surface area contributed by atoms with Gasteiger partial charge in [0.15, 0.2) is 0 Å². The first-order chi connectivity index (χ1) is 9.40. The Hall–Kier alpha value is -1.14. The lowest BCUT2D eigenvalue weighted by molar-refractivity contribution is -0.127. The van der Waals surface area contributed by atoms with E-state index in [1.54, 1.807) is 0 Å². The van der Waals surface area contributed by atoms with Crippen LogP contribution < -0.4 is 10.6 Å². The van der Waals surface area contributed by atoms with Crippen molar-refractivity contribution in [1.29, 1.82) is 0 Å². The monoisotopic (exact) mass is 290 g/mol. The normalized spacial score (nSPS) is 9.95. The maximum atomic E-state index is 11.1. The highest BCUT2D eigenvalue weighted by Crippen LogP contribution is 1.85. The standard InChI is InChI=1S/C10H20N2O4.C4H10/c1-9(2)16-7-10(14)12-4-6-15-5-3-11-8-13;1-4(2)3/h8-9H,3-7H2,1-2H3,(H,11,13)(H,12,14);4H,1-3H3. The van der Waals surface area contributed by atoms with Gasteiger partial charge in [-0.25, -0.2) is 0 Å². The van der Waals surface area contributed by atoms with Crippen molar-refractivity contribution in [2.45, 2.75) is 40.7 Å². The van der Waals surface area contributed by atoms with Crippen LogP contribution in [0.25, 0.3) is 0 Å². The lowest BCUT2D eigenvalue weighted by Crippen LogP contribution is -2.32. The average Bonchev–Trinajstić information content (AvgIpc) is 2.34. The van der Waals surface area contributed by atoms with Crippen LogP contribution in [0.4, 0.5) is 0 Å². The molecule has 0 aliphatic rings. The van der Waals surface area contributed by atoms with Crippen LogP contribution in [0.2, 0.25) is 0 Å². The molecule has 0 atom stereocenters. The zero-order chi connectivity index (χ0) is 15.8. The van der Waals surface area contributed by atoms with Gasteiger partial charge in [0.05, 0.1) is 19.3 Å². The van der Waals surface area contributed by atoms with Gasteiger partial charge < -0.3 is 20.1 Å². The fourth-order valence-corrected chi connectivity index (χ4v) is 0.848. The molecule has 0 radical (unpaired) electrons. The second-order valence-electron chi connectivity index (χ2n) is 5.13. The van der Waals surface area contributed by atoms with E-state index in [1.165, 1.54) is 0 Å². The summed E-state index contributed by atoms with van der Waals surface area (Å²) in [6.45, 7) is 12.1. The molecule has 0 saturated heterocycles. The Morgan fingerprint density at radius 3 is 2.15 bits per heavy atom. The van der Waals surface area contributed by atoms with Crippen molar-refractivity contribution in [3.8, 4) is 0 Å². The predicted octanol–water partition coefficient (Wildman–Crippen LogP) is 0.953. The Morgan fingerprint density at radius 1 is 1.10 bits per heavy atom.